The summed E-state index contributed by atoms with van der Waals surface area (Å²) in [7, 11) is 0. The van der Waals surface area contributed by atoms with Gasteiger partial charge in [0.05, 0.1) is 0 Å². The fourth-order valence-corrected chi connectivity index (χ4v) is 4.36. The van der Waals surface area contributed by atoms with Crippen molar-refractivity contribution in [3.8, 4) is 5.75 Å². The van der Waals surface area contributed by atoms with Gasteiger partial charge in [0.1, 0.15) is 5.75 Å². The van der Waals surface area contributed by atoms with Gasteiger partial charge >= 0.3 is 0 Å². The fraction of sp³-hybridized carbons (Fsp3) is 0.727. The van der Waals surface area contributed by atoms with Gasteiger partial charge in [0.2, 0.25) is 0 Å². The molecule has 0 saturated carbocycles. The van der Waals surface area contributed by atoms with Crippen molar-refractivity contribution in [3.63, 3.8) is 0 Å². The highest BCUT2D eigenvalue weighted by atomic mass is 32.2. The quantitative estimate of drug-likeness (QED) is 0.404. The van der Waals surface area contributed by atoms with Gasteiger partial charge in [-0.25, -0.2) is 0 Å². The largest absolute Gasteiger partial charge is 0.508 e. The molecule has 0 saturated heterocycles. The molecule has 0 amide bonds. The summed E-state index contributed by atoms with van der Waals surface area (Å²) in [6.45, 7) is 11.9. The first kappa shape index (κ1) is 21.4. The first-order valence-electron chi connectivity index (χ1n) is 9.79. The monoisotopic (exact) mass is 350 g/mol. The topological polar surface area (TPSA) is 20.2 Å². The molecule has 0 spiro atoms. The molecule has 2 atom stereocenters. The van der Waals surface area contributed by atoms with Crippen LogP contribution in [0.2, 0.25) is 0 Å². The highest BCUT2D eigenvalue weighted by Crippen LogP contribution is 2.32. The zero-order valence-electron chi connectivity index (χ0n) is 16.4. The Labute approximate surface area is 154 Å². The first-order chi connectivity index (χ1) is 11.4. The van der Waals surface area contributed by atoms with Gasteiger partial charge in [-0.15, -0.1) is 0 Å². The average Bonchev–Trinajstić information content (AvgIpc) is 2.54. The summed E-state index contributed by atoms with van der Waals surface area (Å²) in [6, 6.07) is 7.63. The Balaban J connectivity index is 2.40. The molecule has 0 aliphatic rings. The molecular formula is C22H38OS. The van der Waals surface area contributed by atoms with Crippen molar-refractivity contribution in [2.24, 2.45) is 23.7 Å². The second-order valence-corrected chi connectivity index (χ2v) is 9.00. The number of hydrogen-bond acceptors (Lipinski definition) is 2. The highest BCUT2D eigenvalue weighted by molar-refractivity contribution is 7.98. The molecule has 0 fully saturated rings. The maximum Gasteiger partial charge on any atom is 0.115 e. The summed E-state index contributed by atoms with van der Waals surface area (Å²) in [6.07, 6.45) is 6.82. The highest BCUT2D eigenvalue weighted by Gasteiger charge is 2.21. The standard InChI is InChI=1S/C22H38OS/c1-6-7-8-20(17(2)3)15-21(18(4)5)13-14-24-16-19-9-11-22(23)12-10-19/h9-12,17-18,20-21,23H,6-8,13-16H2,1-5H3. The Hall–Kier alpha value is -0.630. The van der Waals surface area contributed by atoms with Crippen LogP contribution < -0.4 is 0 Å². The Bertz CT molecular complexity index is 424. The third-order valence-electron chi connectivity index (χ3n) is 5.26. The van der Waals surface area contributed by atoms with Crippen LogP contribution in [0.1, 0.15) is 72.3 Å². The molecular weight excluding hydrogens is 312 g/mol. The number of benzene rings is 1. The summed E-state index contributed by atoms with van der Waals surface area (Å²) in [5, 5.41) is 9.35. The van der Waals surface area contributed by atoms with Crippen LogP contribution in [-0.2, 0) is 5.75 Å². The Morgan fingerprint density at radius 1 is 0.917 bits per heavy atom. The zero-order valence-corrected chi connectivity index (χ0v) is 17.2. The van der Waals surface area contributed by atoms with E-state index < -0.39 is 0 Å². The number of thioether (sulfide) groups is 1. The molecule has 0 aromatic heterocycles. The van der Waals surface area contributed by atoms with Gasteiger partial charge in [0, 0.05) is 5.75 Å². The van der Waals surface area contributed by atoms with Crippen LogP contribution >= 0.6 is 11.8 Å². The van der Waals surface area contributed by atoms with E-state index in [1.807, 2.05) is 23.9 Å². The summed E-state index contributed by atoms with van der Waals surface area (Å²) in [5.41, 5.74) is 1.31. The van der Waals surface area contributed by atoms with Crippen molar-refractivity contribution in [1.29, 1.82) is 0 Å². The maximum absolute atomic E-state index is 9.35. The van der Waals surface area contributed by atoms with E-state index in [0.29, 0.717) is 5.75 Å². The minimum Gasteiger partial charge on any atom is -0.508 e. The summed E-state index contributed by atoms with van der Waals surface area (Å²) >= 11 is 2.03. The Morgan fingerprint density at radius 3 is 2.04 bits per heavy atom. The van der Waals surface area contributed by atoms with Crippen molar-refractivity contribution < 1.29 is 5.11 Å². The number of rotatable bonds is 12. The Kier molecular flexibility index (Phi) is 10.6. The van der Waals surface area contributed by atoms with Crippen molar-refractivity contribution in [2.75, 3.05) is 5.75 Å². The minimum atomic E-state index is 0.357. The van der Waals surface area contributed by atoms with Crippen LogP contribution in [-0.4, -0.2) is 10.9 Å². The van der Waals surface area contributed by atoms with E-state index in [1.165, 1.54) is 43.4 Å². The molecule has 1 N–H and O–H groups in total. The van der Waals surface area contributed by atoms with Crippen molar-refractivity contribution in [2.45, 2.75) is 72.5 Å². The van der Waals surface area contributed by atoms with Crippen LogP contribution in [0.15, 0.2) is 24.3 Å². The smallest absolute Gasteiger partial charge is 0.115 e. The second kappa shape index (κ2) is 11.8. The predicted molar refractivity (Wildman–Crippen MR) is 110 cm³/mol. The Morgan fingerprint density at radius 2 is 1.50 bits per heavy atom. The SMILES string of the molecule is CCCCC(CC(CCSCc1ccc(O)cc1)C(C)C)C(C)C. The lowest BCUT2D eigenvalue weighted by molar-refractivity contribution is 0.232. The molecule has 138 valence electrons. The molecule has 2 unspecified atom stereocenters. The van der Waals surface area contributed by atoms with E-state index in [0.717, 1.165) is 29.4 Å². The minimum absolute atomic E-state index is 0.357. The van der Waals surface area contributed by atoms with Gasteiger partial charge in [0.25, 0.3) is 0 Å². The number of phenolic OH excluding ortho intramolecular Hbond substituents is 1. The molecule has 1 aromatic rings. The number of unbranched alkanes of at least 4 members (excludes halogenated alkanes) is 1. The lowest BCUT2D eigenvalue weighted by Crippen LogP contribution is -2.19. The number of hydrogen-bond donors (Lipinski definition) is 1. The average molecular weight is 351 g/mol. The number of phenols is 1. The maximum atomic E-state index is 9.35. The number of aromatic hydroxyl groups is 1. The van der Waals surface area contributed by atoms with Gasteiger partial charge in [-0.3, -0.25) is 0 Å². The van der Waals surface area contributed by atoms with E-state index in [1.54, 1.807) is 12.1 Å². The second-order valence-electron chi connectivity index (χ2n) is 7.89. The molecule has 0 aliphatic heterocycles. The van der Waals surface area contributed by atoms with Gasteiger partial charge in [-0.05, 0) is 60.0 Å². The first-order valence-corrected chi connectivity index (χ1v) is 10.9. The van der Waals surface area contributed by atoms with E-state index in [9.17, 15) is 5.11 Å². The normalized spacial score (nSPS) is 14.3. The van der Waals surface area contributed by atoms with E-state index >= 15 is 0 Å². The third-order valence-corrected chi connectivity index (χ3v) is 6.32. The van der Waals surface area contributed by atoms with Crippen LogP contribution in [0.5, 0.6) is 5.75 Å². The van der Waals surface area contributed by atoms with Crippen molar-refractivity contribution >= 4 is 11.8 Å². The molecule has 1 rings (SSSR count). The molecule has 0 radical (unpaired) electrons. The molecule has 24 heavy (non-hydrogen) atoms. The van der Waals surface area contributed by atoms with Crippen LogP contribution in [0, 0.1) is 23.7 Å². The zero-order chi connectivity index (χ0) is 17.9. The summed E-state index contributed by atoms with van der Waals surface area (Å²) in [5.74, 6) is 5.97. The fourth-order valence-electron chi connectivity index (χ4n) is 3.32. The molecule has 0 aliphatic carbocycles. The van der Waals surface area contributed by atoms with Gasteiger partial charge in [-0.2, -0.15) is 11.8 Å². The molecule has 1 nitrogen and oxygen atoms in total. The van der Waals surface area contributed by atoms with Crippen LogP contribution in [0.25, 0.3) is 0 Å². The van der Waals surface area contributed by atoms with Crippen LogP contribution in [0.3, 0.4) is 0 Å². The molecule has 0 heterocycles. The van der Waals surface area contributed by atoms with Crippen molar-refractivity contribution in [3.05, 3.63) is 29.8 Å². The van der Waals surface area contributed by atoms with E-state index in [4.69, 9.17) is 0 Å². The summed E-state index contributed by atoms with van der Waals surface area (Å²) in [4.78, 5) is 0. The van der Waals surface area contributed by atoms with Gasteiger partial charge in [-0.1, -0.05) is 66.0 Å². The van der Waals surface area contributed by atoms with Gasteiger partial charge < -0.3 is 5.11 Å². The van der Waals surface area contributed by atoms with Crippen molar-refractivity contribution in [1.82, 2.24) is 0 Å². The lowest BCUT2D eigenvalue weighted by Gasteiger charge is -2.29. The summed E-state index contributed by atoms with van der Waals surface area (Å²) < 4.78 is 0. The van der Waals surface area contributed by atoms with Gasteiger partial charge in [0.15, 0.2) is 0 Å². The van der Waals surface area contributed by atoms with E-state index in [2.05, 4.69) is 34.6 Å². The third kappa shape index (κ3) is 8.46. The lowest BCUT2D eigenvalue weighted by atomic mass is 9.78. The van der Waals surface area contributed by atoms with E-state index in [-0.39, 0.29) is 0 Å². The molecule has 2 heteroatoms. The molecule has 1 aromatic carbocycles. The predicted octanol–water partition coefficient (Wildman–Crippen LogP) is 7.14. The molecule has 0 bridgehead atoms. The van der Waals surface area contributed by atoms with Crippen LogP contribution in [0.4, 0.5) is 0 Å².